The van der Waals surface area contributed by atoms with Crippen LogP contribution < -0.4 is 10.4 Å². The van der Waals surface area contributed by atoms with Gasteiger partial charge in [-0.05, 0) is 56.3 Å². The number of nitrogens with zero attached hydrogens (tertiary/aromatic N) is 3. The fourth-order valence-corrected chi connectivity index (χ4v) is 3.75. The molecule has 2 aliphatic carbocycles. The highest BCUT2D eigenvalue weighted by molar-refractivity contribution is 7.15. The third-order valence-corrected chi connectivity index (χ3v) is 5.80. The second kappa shape index (κ2) is 7.95. The van der Waals surface area contributed by atoms with Gasteiger partial charge >= 0.3 is 12.1 Å². The zero-order valence-corrected chi connectivity index (χ0v) is 16.8. The molecular weight excluding hydrogens is 421 g/mol. The topological polar surface area (TPSA) is 84.4 Å². The number of alkyl halides is 3. The van der Waals surface area contributed by atoms with Crippen molar-refractivity contribution in [1.82, 2.24) is 15.5 Å². The van der Waals surface area contributed by atoms with E-state index in [1.807, 2.05) is 6.07 Å². The second-order valence-corrected chi connectivity index (χ2v) is 8.67. The lowest BCUT2D eigenvalue weighted by Gasteiger charge is -2.19. The van der Waals surface area contributed by atoms with Gasteiger partial charge in [0.05, 0.1) is 0 Å². The van der Waals surface area contributed by atoms with Crippen LogP contribution in [-0.4, -0.2) is 40.8 Å². The molecule has 2 aliphatic rings. The number of hydroxylamine groups is 1. The van der Waals surface area contributed by atoms with E-state index in [2.05, 4.69) is 20.4 Å². The molecule has 1 N–H and O–H groups in total. The van der Waals surface area contributed by atoms with Crippen LogP contribution in [0.4, 0.5) is 18.3 Å². The lowest BCUT2D eigenvalue weighted by molar-refractivity contribution is -0.200. The van der Waals surface area contributed by atoms with Crippen molar-refractivity contribution in [2.75, 3.05) is 11.6 Å². The molecule has 1 heterocycles. The number of carbonyl (C=O) groups is 2. The average Bonchev–Trinajstić information content (AvgIpc) is 3.61. The largest absolute Gasteiger partial charge is 0.493 e. The van der Waals surface area contributed by atoms with Crippen LogP contribution in [-0.2, 0) is 9.63 Å². The number of hydrogen-bond acceptors (Lipinski definition) is 7. The maximum Gasteiger partial charge on any atom is 0.493 e. The Balaban J connectivity index is 1.51. The van der Waals surface area contributed by atoms with Crippen molar-refractivity contribution in [2.24, 2.45) is 5.92 Å². The third-order valence-electron chi connectivity index (χ3n) is 5.00. The van der Waals surface area contributed by atoms with E-state index in [9.17, 15) is 22.8 Å². The third kappa shape index (κ3) is 4.78. The normalized spacial score (nSPS) is 20.7. The molecule has 1 aromatic heterocycles. The standard InChI is InChI=1S/C19H19F3N4O3S/c1-10-24-25-18(30-10)26(29-17(28)19(20,21)22)16(27)13-4-2-3-12(7-13)14-8-15(14)23-9-11-5-6-11/h2-4,7,11,14-15,23H,5-6,8-9H2,1H3. The minimum atomic E-state index is -5.26. The smallest absolute Gasteiger partial charge is 0.322 e. The fraction of sp³-hybridized carbons (Fsp3) is 0.474. The first-order chi connectivity index (χ1) is 14.2. The molecule has 0 saturated heterocycles. The number of nitrogens with one attached hydrogen (secondary N) is 1. The van der Waals surface area contributed by atoms with Gasteiger partial charge in [-0.3, -0.25) is 4.79 Å². The van der Waals surface area contributed by atoms with Gasteiger partial charge in [-0.2, -0.15) is 13.2 Å². The lowest BCUT2D eigenvalue weighted by Crippen LogP contribution is -2.38. The SMILES string of the molecule is Cc1nnc(N(OC(=O)C(F)(F)F)C(=O)c2cccc(C3CC3NCC3CC3)c2)s1. The molecular formula is C19H19F3N4O3S. The highest BCUT2D eigenvalue weighted by Crippen LogP contribution is 2.42. The van der Waals surface area contributed by atoms with Crippen LogP contribution in [0.2, 0.25) is 0 Å². The molecule has 2 unspecified atom stereocenters. The number of anilines is 1. The molecule has 2 atom stereocenters. The Hall–Kier alpha value is -2.53. The number of halogens is 3. The fourth-order valence-electron chi connectivity index (χ4n) is 3.12. The predicted octanol–water partition coefficient (Wildman–Crippen LogP) is 3.37. The Labute approximate surface area is 174 Å². The van der Waals surface area contributed by atoms with Crippen LogP contribution in [0.15, 0.2) is 24.3 Å². The van der Waals surface area contributed by atoms with E-state index in [1.54, 1.807) is 19.1 Å². The average molecular weight is 440 g/mol. The zero-order chi connectivity index (χ0) is 21.5. The lowest BCUT2D eigenvalue weighted by atomic mass is 10.1. The van der Waals surface area contributed by atoms with Gasteiger partial charge in [0, 0.05) is 17.5 Å². The maximum atomic E-state index is 12.9. The molecule has 1 amide bonds. The summed E-state index contributed by atoms with van der Waals surface area (Å²) in [5.41, 5.74) is 1.01. The highest BCUT2D eigenvalue weighted by Gasteiger charge is 2.44. The zero-order valence-electron chi connectivity index (χ0n) is 16.0. The van der Waals surface area contributed by atoms with Crippen LogP contribution >= 0.6 is 11.3 Å². The van der Waals surface area contributed by atoms with Gasteiger partial charge in [0.15, 0.2) is 0 Å². The summed E-state index contributed by atoms with van der Waals surface area (Å²) in [5.74, 6) is -2.43. The minimum Gasteiger partial charge on any atom is -0.322 e. The molecule has 7 nitrogen and oxygen atoms in total. The van der Waals surface area contributed by atoms with Crippen molar-refractivity contribution in [3.05, 3.63) is 40.4 Å². The van der Waals surface area contributed by atoms with Crippen molar-refractivity contribution in [1.29, 1.82) is 0 Å². The van der Waals surface area contributed by atoms with Crippen LogP contribution in [0.1, 0.15) is 46.1 Å². The van der Waals surface area contributed by atoms with Gasteiger partial charge in [0.1, 0.15) is 5.01 Å². The Morgan fingerprint density at radius 3 is 2.70 bits per heavy atom. The van der Waals surface area contributed by atoms with Gasteiger partial charge in [-0.15, -0.1) is 15.3 Å². The summed E-state index contributed by atoms with van der Waals surface area (Å²) in [6.07, 6.45) is -1.81. The van der Waals surface area contributed by atoms with E-state index in [0.717, 1.165) is 35.8 Å². The first kappa shape index (κ1) is 20.7. The quantitative estimate of drug-likeness (QED) is 0.694. The first-order valence-electron chi connectivity index (χ1n) is 9.49. The molecule has 30 heavy (non-hydrogen) atoms. The number of carbonyl (C=O) groups excluding carboxylic acids is 2. The van der Waals surface area contributed by atoms with Crippen LogP contribution in [0.3, 0.4) is 0 Å². The van der Waals surface area contributed by atoms with E-state index in [-0.39, 0.29) is 21.7 Å². The summed E-state index contributed by atoms with van der Waals surface area (Å²) < 4.78 is 38.1. The molecule has 2 saturated carbocycles. The number of rotatable bonds is 6. The van der Waals surface area contributed by atoms with Crippen LogP contribution in [0, 0.1) is 12.8 Å². The molecule has 2 aromatic rings. The van der Waals surface area contributed by atoms with Crippen molar-refractivity contribution in [2.45, 2.75) is 44.3 Å². The van der Waals surface area contributed by atoms with Crippen molar-refractivity contribution in [3.8, 4) is 0 Å². The Morgan fingerprint density at radius 1 is 1.30 bits per heavy atom. The number of amides is 1. The summed E-state index contributed by atoms with van der Waals surface area (Å²) in [6.45, 7) is 2.55. The van der Waals surface area contributed by atoms with Crippen molar-refractivity contribution < 1.29 is 27.6 Å². The molecule has 0 bridgehead atoms. The maximum absolute atomic E-state index is 12.9. The molecule has 160 valence electrons. The number of aromatic nitrogens is 2. The monoisotopic (exact) mass is 440 g/mol. The Kier molecular flexibility index (Phi) is 5.49. The van der Waals surface area contributed by atoms with Gasteiger partial charge in [-0.25, -0.2) is 4.79 Å². The van der Waals surface area contributed by atoms with Gasteiger partial charge in [0.25, 0.3) is 11.0 Å². The van der Waals surface area contributed by atoms with E-state index >= 15 is 0 Å². The molecule has 0 radical (unpaired) electrons. The highest BCUT2D eigenvalue weighted by atomic mass is 32.1. The van der Waals surface area contributed by atoms with Crippen LogP contribution in [0.25, 0.3) is 0 Å². The summed E-state index contributed by atoms with van der Waals surface area (Å²) in [7, 11) is 0. The van der Waals surface area contributed by atoms with E-state index in [1.165, 1.54) is 18.9 Å². The number of aryl methyl sites for hydroxylation is 1. The molecule has 2 fully saturated rings. The molecule has 1 aromatic carbocycles. The van der Waals surface area contributed by atoms with E-state index < -0.39 is 18.1 Å². The summed E-state index contributed by atoms with van der Waals surface area (Å²) in [4.78, 5) is 28.6. The Morgan fingerprint density at radius 2 is 2.07 bits per heavy atom. The Bertz CT molecular complexity index is 960. The van der Waals surface area contributed by atoms with E-state index in [0.29, 0.717) is 11.0 Å². The van der Waals surface area contributed by atoms with Gasteiger partial charge in [-0.1, -0.05) is 23.5 Å². The van der Waals surface area contributed by atoms with Gasteiger partial charge < -0.3 is 10.2 Å². The molecule has 4 rings (SSSR count). The molecule has 0 aliphatic heterocycles. The molecule has 0 spiro atoms. The molecule has 11 heteroatoms. The summed E-state index contributed by atoms with van der Waals surface area (Å²) >= 11 is 0.838. The van der Waals surface area contributed by atoms with Crippen molar-refractivity contribution in [3.63, 3.8) is 0 Å². The predicted molar refractivity (Wildman–Crippen MR) is 102 cm³/mol. The second-order valence-electron chi connectivity index (χ2n) is 7.51. The van der Waals surface area contributed by atoms with Crippen molar-refractivity contribution >= 4 is 28.3 Å². The minimum absolute atomic E-state index is 0.100. The number of hydrogen-bond donors (Lipinski definition) is 1. The summed E-state index contributed by atoms with van der Waals surface area (Å²) in [6, 6.07) is 6.95. The number of benzene rings is 1. The first-order valence-corrected chi connectivity index (χ1v) is 10.3. The van der Waals surface area contributed by atoms with Gasteiger partial charge in [0.2, 0.25) is 0 Å². The summed E-state index contributed by atoms with van der Waals surface area (Å²) in [5, 5.41) is 11.2. The van der Waals surface area contributed by atoms with Crippen LogP contribution in [0.5, 0.6) is 0 Å². The van der Waals surface area contributed by atoms with E-state index in [4.69, 9.17) is 0 Å².